The lowest BCUT2D eigenvalue weighted by Gasteiger charge is -2.39. The highest BCUT2D eigenvalue weighted by molar-refractivity contribution is 9.10. The van der Waals surface area contributed by atoms with Crippen LogP contribution in [-0.4, -0.2) is 24.0 Å². The second kappa shape index (κ2) is 4.03. The van der Waals surface area contributed by atoms with E-state index >= 15 is 0 Å². The Morgan fingerprint density at radius 1 is 1.24 bits per heavy atom. The third-order valence-electron chi connectivity index (χ3n) is 2.73. The van der Waals surface area contributed by atoms with Crippen molar-refractivity contribution in [1.82, 2.24) is 15.5 Å². The number of carbonyl (C=O) groups is 2. The first-order valence-electron chi connectivity index (χ1n) is 5.06. The van der Waals surface area contributed by atoms with Gasteiger partial charge >= 0.3 is 12.1 Å². The van der Waals surface area contributed by atoms with Crippen molar-refractivity contribution in [2.45, 2.75) is 12.6 Å². The van der Waals surface area contributed by atoms with Gasteiger partial charge in [-0.05, 0) is 24.6 Å². The molecule has 6 heteroatoms. The molecule has 1 aromatic carbocycles. The third-order valence-corrected chi connectivity index (χ3v) is 3.22. The van der Waals surface area contributed by atoms with Gasteiger partial charge in [-0.15, -0.1) is 0 Å². The van der Waals surface area contributed by atoms with Gasteiger partial charge in [0.05, 0.1) is 0 Å². The van der Waals surface area contributed by atoms with E-state index in [0.717, 1.165) is 14.9 Å². The first-order valence-corrected chi connectivity index (χ1v) is 5.86. The number of urea groups is 2. The second-order valence-corrected chi connectivity index (χ2v) is 4.97. The average molecular weight is 298 g/mol. The number of amides is 4. The van der Waals surface area contributed by atoms with Crippen LogP contribution in [0, 0.1) is 0 Å². The van der Waals surface area contributed by atoms with Crippen LogP contribution in [0.25, 0.3) is 0 Å². The van der Waals surface area contributed by atoms with Crippen LogP contribution in [0.4, 0.5) is 9.59 Å². The highest BCUT2D eigenvalue weighted by Gasteiger charge is 2.38. The van der Waals surface area contributed by atoms with E-state index in [1.165, 1.54) is 7.05 Å². The van der Waals surface area contributed by atoms with Crippen LogP contribution in [-0.2, 0) is 5.66 Å². The highest BCUT2D eigenvalue weighted by atomic mass is 79.9. The molecule has 1 heterocycles. The van der Waals surface area contributed by atoms with Gasteiger partial charge in [0, 0.05) is 11.5 Å². The monoisotopic (exact) mass is 297 g/mol. The van der Waals surface area contributed by atoms with Crippen molar-refractivity contribution in [3.8, 4) is 0 Å². The van der Waals surface area contributed by atoms with E-state index in [-0.39, 0.29) is 0 Å². The summed E-state index contributed by atoms with van der Waals surface area (Å²) in [4.78, 5) is 24.2. The van der Waals surface area contributed by atoms with E-state index in [4.69, 9.17) is 0 Å². The maximum atomic E-state index is 11.6. The smallest absolute Gasteiger partial charge is 0.311 e. The van der Waals surface area contributed by atoms with Gasteiger partial charge in [-0.2, -0.15) is 0 Å². The van der Waals surface area contributed by atoms with Crippen molar-refractivity contribution >= 4 is 28.0 Å². The predicted molar refractivity (Wildman–Crippen MR) is 66.3 cm³/mol. The molecule has 0 spiro atoms. The summed E-state index contributed by atoms with van der Waals surface area (Å²) in [6, 6.07) is 6.59. The van der Waals surface area contributed by atoms with E-state index in [9.17, 15) is 9.59 Å². The van der Waals surface area contributed by atoms with Gasteiger partial charge in [-0.1, -0.05) is 28.1 Å². The van der Waals surface area contributed by atoms with Crippen molar-refractivity contribution < 1.29 is 9.59 Å². The Bertz CT molecular complexity index is 471. The molecule has 2 rings (SSSR count). The van der Waals surface area contributed by atoms with Gasteiger partial charge in [0.1, 0.15) is 5.66 Å². The maximum Gasteiger partial charge on any atom is 0.327 e. The van der Waals surface area contributed by atoms with Crippen LogP contribution < -0.4 is 10.6 Å². The largest absolute Gasteiger partial charge is 0.327 e. The molecule has 0 saturated carbocycles. The van der Waals surface area contributed by atoms with Crippen LogP contribution in [0.2, 0.25) is 0 Å². The zero-order chi connectivity index (χ0) is 12.6. The number of nitrogens with zero attached hydrogens (tertiary/aromatic N) is 1. The topological polar surface area (TPSA) is 61.4 Å². The summed E-state index contributed by atoms with van der Waals surface area (Å²) in [6.07, 6.45) is 0. The molecule has 0 atom stereocenters. The molecule has 1 aliphatic heterocycles. The molecule has 4 amide bonds. The van der Waals surface area contributed by atoms with Crippen LogP contribution in [0.1, 0.15) is 12.5 Å². The Balaban J connectivity index is 2.37. The maximum absolute atomic E-state index is 11.6. The number of hydrogen-bond acceptors (Lipinski definition) is 2. The van der Waals surface area contributed by atoms with E-state index in [1.54, 1.807) is 6.92 Å². The first-order chi connectivity index (χ1) is 7.92. The molecule has 5 nitrogen and oxygen atoms in total. The Kier molecular flexibility index (Phi) is 2.82. The van der Waals surface area contributed by atoms with Gasteiger partial charge in [0.25, 0.3) is 0 Å². The number of halogens is 1. The zero-order valence-electron chi connectivity index (χ0n) is 9.45. The minimum Gasteiger partial charge on any atom is -0.311 e. The standard InChI is InChI=1S/C11H12BrN3O2/c1-11(7-4-3-5-8(12)6-7)13-9(16)15(2)10(17)14-11/h3-6H,1-2H3,(H,13,16)(H,14,17). The molecule has 0 aliphatic carbocycles. The van der Waals surface area contributed by atoms with Crippen molar-refractivity contribution in [3.05, 3.63) is 34.3 Å². The number of nitrogens with one attached hydrogen (secondary N) is 2. The summed E-state index contributed by atoms with van der Waals surface area (Å²) in [5.74, 6) is 0. The van der Waals surface area contributed by atoms with Crippen molar-refractivity contribution in [2.75, 3.05) is 7.05 Å². The predicted octanol–water partition coefficient (Wildman–Crippen LogP) is 1.99. The Morgan fingerprint density at radius 2 is 1.82 bits per heavy atom. The Hall–Kier alpha value is -1.56. The highest BCUT2D eigenvalue weighted by Crippen LogP contribution is 2.23. The number of benzene rings is 1. The lowest BCUT2D eigenvalue weighted by Crippen LogP contribution is -2.67. The van der Waals surface area contributed by atoms with Crippen LogP contribution in [0.5, 0.6) is 0 Å². The van der Waals surface area contributed by atoms with Crippen LogP contribution >= 0.6 is 15.9 Å². The number of hydrogen-bond donors (Lipinski definition) is 2. The first kappa shape index (κ1) is 11.9. The quantitative estimate of drug-likeness (QED) is 0.833. The number of rotatable bonds is 1. The van der Waals surface area contributed by atoms with Gasteiger partial charge in [0.15, 0.2) is 0 Å². The molecule has 0 unspecified atom stereocenters. The van der Waals surface area contributed by atoms with E-state index in [2.05, 4.69) is 26.6 Å². The van der Waals surface area contributed by atoms with Crippen molar-refractivity contribution in [1.29, 1.82) is 0 Å². The van der Waals surface area contributed by atoms with Crippen molar-refractivity contribution in [3.63, 3.8) is 0 Å². The fourth-order valence-corrected chi connectivity index (χ4v) is 2.06. The summed E-state index contributed by atoms with van der Waals surface area (Å²) in [5.41, 5.74) is -0.0774. The van der Waals surface area contributed by atoms with Gasteiger partial charge < -0.3 is 10.6 Å². The Morgan fingerprint density at radius 3 is 2.35 bits per heavy atom. The fourth-order valence-electron chi connectivity index (χ4n) is 1.66. The average Bonchev–Trinajstić information content (AvgIpc) is 2.26. The molecule has 0 radical (unpaired) electrons. The molecule has 17 heavy (non-hydrogen) atoms. The number of imide groups is 1. The van der Waals surface area contributed by atoms with Gasteiger partial charge in [0.2, 0.25) is 0 Å². The molecule has 0 bridgehead atoms. The third kappa shape index (κ3) is 2.12. The SMILES string of the molecule is CN1C(=O)NC(C)(c2cccc(Br)c2)NC1=O. The lowest BCUT2D eigenvalue weighted by atomic mass is 10.0. The lowest BCUT2D eigenvalue weighted by molar-refractivity contribution is 0.152. The fraction of sp³-hybridized carbons (Fsp3) is 0.273. The molecule has 1 aromatic rings. The second-order valence-electron chi connectivity index (χ2n) is 4.05. The summed E-state index contributed by atoms with van der Waals surface area (Å²) < 4.78 is 0.888. The molecule has 1 aliphatic rings. The summed E-state index contributed by atoms with van der Waals surface area (Å²) >= 11 is 3.36. The number of carbonyl (C=O) groups excluding carboxylic acids is 2. The molecular weight excluding hydrogens is 286 g/mol. The summed E-state index contributed by atoms with van der Waals surface area (Å²) in [7, 11) is 1.42. The molecule has 1 saturated heterocycles. The van der Waals surface area contributed by atoms with Crippen LogP contribution in [0.3, 0.4) is 0 Å². The molecule has 0 aromatic heterocycles. The van der Waals surface area contributed by atoms with Gasteiger partial charge in [-0.3, -0.25) is 0 Å². The molecule has 1 fully saturated rings. The minimum atomic E-state index is -0.884. The molecular formula is C11H12BrN3O2. The zero-order valence-corrected chi connectivity index (χ0v) is 11.0. The molecule has 2 N–H and O–H groups in total. The Labute approximate surface area is 107 Å². The van der Waals surface area contributed by atoms with Gasteiger partial charge in [-0.25, -0.2) is 14.5 Å². The summed E-state index contributed by atoms with van der Waals surface area (Å²) in [5, 5.41) is 5.50. The minimum absolute atomic E-state index is 0.420. The van der Waals surface area contributed by atoms with E-state index in [1.807, 2.05) is 24.3 Å². The molecule has 90 valence electrons. The van der Waals surface area contributed by atoms with E-state index in [0.29, 0.717) is 0 Å². The van der Waals surface area contributed by atoms with Crippen LogP contribution in [0.15, 0.2) is 28.7 Å². The van der Waals surface area contributed by atoms with E-state index < -0.39 is 17.7 Å². The normalized spacial score (nSPS) is 18.6. The van der Waals surface area contributed by atoms with Crippen molar-refractivity contribution in [2.24, 2.45) is 0 Å². The summed E-state index contributed by atoms with van der Waals surface area (Å²) in [6.45, 7) is 1.75.